The van der Waals surface area contributed by atoms with Crippen molar-refractivity contribution in [1.82, 2.24) is 0 Å². The van der Waals surface area contributed by atoms with Crippen molar-refractivity contribution < 1.29 is 10.2 Å². The second kappa shape index (κ2) is 5.13. The fourth-order valence-corrected chi connectivity index (χ4v) is 0.979. The third kappa shape index (κ3) is 5.95. The molecule has 0 amide bonds. The molecule has 0 aromatic rings. The van der Waals surface area contributed by atoms with Gasteiger partial charge in [0.25, 0.3) is 0 Å². The van der Waals surface area contributed by atoms with Gasteiger partial charge in [-0.15, -0.1) is 0 Å². The second-order valence-corrected chi connectivity index (χ2v) is 6.36. The predicted octanol–water partition coefficient (Wildman–Crippen LogP) is 2.75. The first-order valence-corrected chi connectivity index (χ1v) is 5.58. The summed E-state index contributed by atoms with van der Waals surface area (Å²) in [5, 5.41) is 19.5. The summed E-state index contributed by atoms with van der Waals surface area (Å²) in [5.41, 5.74) is -0.236. The van der Waals surface area contributed by atoms with Crippen molar-refractivity contribution in [2.75, 3.05) is 0 Å². The van der Waals surface area contributed by atoms with Crippen LogP contribution in [0.5, 0.6) is 0 Å². The molecule has 90 valence electrons. The molecule has 0 unspecified atom stereocenters. The van der Waals surface area contributed by atoms with Gasteiger partial charge in [-0.05, 0) is 17.3 Å². The third-order valence-electron chi connectivity index (χ3n) is 2.56. The van der Waals surface area contributed by atoms with Crippen molar-refractivity contribution in [3.63, 3.8) is 0 Å². The van der Waals surface area contributed by atoms with Gasteiger partial charge in [0.2, 0.25) is 0 Å². The fourth-order valence-electron chi connectivity index (χ4n) is 0.979. The molecule has 0 fully saturated rings. The van der Waals surface area contributed by atoms with Crippen LogP contribution in [0, 0.1) is 10.8 Å². The average Bonchev–Trinajstić information content (AvgIpc) is 2.00. The second-order valence-electron chi connectivity index (χ2n) is 6.36. The summed E-state index contributed by atoms with van der Waals surface area (Å²) < 4.78 is 0. The summed E-state index contributed by atoms with van der Waals surface area (Å²) in [6.07, 6.45) is 3.42. The number of rotatable bonds is 3. The fraction of sp³-hybridized carbons (Fsp3) is 0.846. The molecule has 0 bridgehead atoms. The Hall–Kier alpha value is -0.340. The lowest BCUT2D eigenvalue weighted by Gasteiger charge is -2.25. The standard InChI is InChI=1S/C13H26O2/c1-12(2,3)10(14)8-7-9-11(15)13(4,5)6/h7-8,10-11,14-15H,9H2,1-6H3/b8-7+/t10-,11-/m0/s1. The zero-order valence-electron chi connectivity index (χ0n) is 10.9. The predicted molar refractivity (Wildman–Crippen MR) is 64.7 cm³/mol. The summed E-state index contributed by atoms with van der Waals surface area (Å²) in [6, 6.07) is 0. The number of hydrogen-bond donors (Lipinski definition) is 2. The maximum absolute atomic E-state index is 9.77. The summed E-state index contributed by atoms with van der Waals surface area (Å²) in [5.74, 6) is 0. The molecule has 0 saturated heterocycles. The summed E-state index contributed by atoms with van der Waals surface area (Å²) in [7, 11) is 0. The van der Waals surface area contributed by atoms with Gasteiger partial charge in [-0.3, -0.25) is 0 Å². The van der Waals surface area contributed by atoms with E-state index < -0.39 is 6.10 Å². The van der Waals surface area contributed by atoms with Crippen LogP contribution in [-0.4, -0.2) is 22.4 Å². The Balaban J connectivity index is 4.12. The van der Waals surface area contributed by atoms with Crippen LogP contribution in [-0.2, 0) is 0 Å². The average molecular weight is 214 g/mol. The van der Waals surface area contributed by atoms with Gasteiger partial charge in [0, 0.05) is 0 Å². The van der Waals surface area contributed by atoms with Gasteiger partial charge in [-0.2, -0.15) is 0 Å². The van der Waals surface area contributed by atoms with Crippen molar-refractivity contribution in [2.24, 2.45) is 10.8 Å². The van der Waals surface area contributed by atoms with Gasteiger partial charge in [0.1, 0.15) is 0 Å². The van der Waals surface area contributed by atoms with E-state index in [0.717, 1.165) is 0 Å². The van der Waals surface area contributed by atoms with Crippen molar-refractivity contribution in [3.8, 4) is 0 Å². The van der Waals surface area contributed by atoms with Gasteiger partial charge in [0.15, 0.2) is 0 Å². The lowest BCUT2D eigenvalue weighted by molar-refractivity contribution is 0.0648. The van der Waals surface area contributed by atoms with E-state index in [9.17, 15) is 10.2 Å². The van der Waals surface area contributed by atoms with Crippen LogP contribution in [0.15, 0.2) is 12.2 Å². The number of aliphatic hydroxyl groups is 2. The number of aliphatic hydroxyl groups excluding tert-OH is 2. The molecule has 2 heteroatoms. The molecule has 0 aliphatic carbocycles. The first-order chi connectivity index (χ1) is 6.55. The van der Waals surface area contributed by atoms with E-state index in [4.69, 9.17) is 0 Å². The summed E-state index contributed by atoms with van der Waals surface area (Å²) in [4.78, 5) is 0. The minimum Gasteiger partial charge on any atom is -0.392 e. The molecule has 2 atom stereocenters. The molecule has 0 radical (unpaired) electrons. The Morgan fingerprint density at radius 2 is 1.40 bits per heavy atom. The maximum Gasteiger partial charge on any atom is 0.0769 e. The summed E-state index contributed by atoms with van der Waals surface area (Å²) >= 11 is 0. The van der Waals surface area contributed by atoms with Gasteiger partial charge in [-0.1, -0.05) is 53.7 Å². The minimum atomic E-state index is -0.454. The smallest absolute Gasteiger partial charge is 0.0769 e. The molecular formula is C13H26O2. The van der Waals surface area contributed by atoms with Crippen LogP contribution in [0.1, 0.15) is 48.0 Å². The van der Waals surface area contributed by atoms with Crippen molar-refractivity contribution in [3.05, 3.63) is 12.2 Å². The monoisotopic (exact) mass is 214 g/mol. The first-order valence-electron chi connectivity index (χ1n) is 5.58. The van der Waals surface area contributed by atoms with Gasteiger partial charge in [-0.25, -0.2) is 0 Å². The van der Waals surface area contributed by atoms with Crippen LogP contribution in [0.4, 0.5) is 0 Å². The molecule has 0 aromatic carbocycles. The van der Waals surface area contributed by atoms with Gasteiger partial charge in [0.05, 0.1) is 12.2 Å². The highest BCUT2D eigenvalue weighted by molar-refractivity contribution is 4.96. The Morgan fingerprint density at radius 3 is 1.73 bits per heavy atom. The zero-order chi connectivity index (χ0) is 12.3. The van der Waals surface area contributed by atoms with E-state index in [-0.39, 0.29) is 16.9 Å². The summed E-state index contributed by atoms with van der Waals surface area (Å²) in [6.45, 7) is 12.0. The molecule has 15 heavy (non-hydrogen) atoms. The zero-order valence-corrected chi connectivity index (χ0v) is 10.9. The lowest BCUT2D eigenvalue weighted by Crippen LogP contribution is -2.26. The van der Waals surface area contributed by atoms with Crippen molar-refractivity contribution in [1.29, 1.82) is 0 Å². The Kier molecular flexibility index (Phi) is 5.01. The van der Waals surface area contributed by atoms with Crippen LogP contribution >= 0.6 is 0 Å². The quantitative estimate of drug-likeness (QED) is 0.709. The molecular weight excluding hydrogens is 188 g/mol. The molecule has 0 heterocycles. The van der Waals surface area contributed by atoms with Gasteiger partial charge < -0.3 is 10.2 Å². The van der Waals surface area contributed by atoms with E-state index in [2.05, 4.69) is 0 Å². The molecule has 0 rings (SSSR count). The number of hydrogen-bond acceptors (Lipinski definition) is 2. The molecule has 2 N–H and O–H groups in total. The molecule has 0 spiro atoms. The Bertz CT molecular complexity index is 206. The molecule has 0 aliphatic rings. The molecule has 0 saturated carbocycles. The molecule has 0 aliphatic heterocycles. The lowest BCUT2D eigenvalue weighted by atomic mass is 9.86. The normalized spacial score (nSPS) is 18.1. The van der Waals surface area contributed by atoms with E-state index in [1.165, 1.54) is 0 Å². The van der Waals surface area contributed by atoms with Crippen LogP contribution in [0.25, 0.3) is 0 Å². The highest BCUT2D eigenvalue weighted by Gasteiger charge is 2.22. The SMILES string of the molecule is CC(C)(C)[C@@H](O)/C=C/C[C@H](O)C(C)(C)C. The van der Waals surface area contributed by atoms with E-state index in [1.807, 2.05) is 47.6 Å². The topological polar surface area (TPSA) is 40.5 Å². The van der Waals surface area contributed by atoms with E-state index in [1.54, 1.807) is 6.08 Å². The largest absolute Gasteiger partial charge is 0.392 e. The highest BCUT2D eigenvalue weighted by atomic mass is 16.3. The molecule has 0 aromatic heterocycles. The van der Waals surface area contributed by atoms with Crippen LogP contribution < -0.4 is 0 Å². The highest BCUT2D eigenvalue weighted by Crippen LogP contribution is 2.23. The minimum absolute atomic E-state index is 0.100. The molecule has 2 nitrogen and oxygen atoms in total. The van der Waals surface area contributed by atoms with Crippen LogP contribution in [0.2, 0.25) is 0 Å². The van der Waals surface area contributed by atoms with E-state index >= 15 is 0 Å². The van der Waals surface area contributed by atoms with E-state index in [0.29, 0.717) is 6.42 Å². The van der Waals surface area contributed by atoms with Gasteiger partial charge >= 0.3 is 0 Å². The third-order valence-corrected chi connectivity index (χ3v) is 2.56. The maximum atomic E-state index is 9.77. The van der Waals surface area contributed by atoms with Crippen LogP contribution in [0.3, 0.4) is 0 Å². The van der Waals surface area contributed by atoms with Crippen molar-refractivity contribution >= 4 is 0 Å². The first kappa shape index (κ1) is 14.7. The Labute approximate surface area is 94.0 Å². The Morgan fingerprint density at radius 1 is 0.933 bits per heavy atom. The van der Waals surface area contributed by atoms with Crippen molar-refractivity contribution in [2.45, 2.75) is 60.2 Å².